The third-order valence-corrected chi connectivity index (χ3v) is 4.03. The summed E-state index contributed by atoms with van der Waals surface area (Å²) in [4.78, 5) is 12.8. The second-order valence-electron chi connectivity index (χ2n) is 5.83. The predicted molar refractivity (Wildman–Crippen MR) is 94.5 cm³/mol. The number of carbonyl (C=O) groups excluding carboxylic acids is 1. The zero-order valence-corrected chi connectivity index (χ0v) is 13.9. The quantitative estimate of drug-likeness (QED) is 0.319. The van der Waals surface area contributed by atoms with Crippen molar-refractivity contribution in [2.75, 3.05) is 0 Å². The third-order valence-electron chi connectivity index (χ3n) is 4.03. The van der Waals surface area contributed by atoms with Crippen molar-refractivity contribution in [3.05, 3.63) is 83.1 Å². The lowest BCUT2D eigenvalue weighted by molar-refractivity contribution is 0.104. The number of nitrogens with one attached hydrogen (secondary N) is 1. The van der Waals surface area contributed by atoms with E-state index in [0.29, 0.717) is 28.7 Å². The molecule has 0 bridgehead atoms. The molecule has 2 N–H and O–H groups in total. The van der Waals surface area contributed by atoms with E-state index < -0.39 is 11.5 Å². The molecule has 0 unspecified atom stereocenters. The minimum absolute atomic E-state index is 0.0868. The number of carbonyl (C=O) groups is 1. The zero-order valence-electron chi connectivity index (χ0n) is 13.9. The van der Waals surface area contributed by atoms with Crippen molar-refractivity contribution in [3.8, 4) is 0 Å². The largest absolute Gasteiger partial charge is 0.504 e. The van der Waals surface area contributed by atoms with Gasteiger partial charge in [0.05, 0.1) is 5.56 Å². The number of para-hydroxylation sites is 1. The SMILES string of the molecule is O=C(C=C(O)c1nn[nH]n1)c1c(Cc2ccc(F)cc2)oc2ccccc12. The predicted octanol–water partition coefficient (Wildman–Crippen LogP) is 3.46. The third kappa shape index (κ3) is 3.32. The van der Waals surface area contributed by atoms with Gasteiger partial charge in [0, 0.05) is 17.9 Å². The van der Waals surface area contributed by atoms with Gasteiger partial charge in [-0.3, -0.25) is 4.79 Å². The van der Waals surface area contributed by atoms with Crippen molar-refractivity contribution in [1.29, 1.82) is 0 Å². The van der Waals surface area contributed by atoms with E-state index in [4.69, 9.17) is 4.42 Å². The number of H-pyrrole nitrogens is 1. The Morgan fingerprint density at radius 1 is 1.19 bits per heavy atom. The van der Waals surface area contributed by atoms with E-state index in [-0.39, 0.29) is 11.6 Å². The number of fused-ring (bicyclic) bond motifs is 1. The first-order valence-electron chi connectivity index (χ1n) is 8.05. The highest BCUT2D eigenvalue weighted by Gasteiger charge is 2.21. The standard InChI is InChI=1S/C19H13FN4O3/c20-12-7-5-11(6-8-12)9-17-18(13-3-1-2-4-16(13)27-17)14(25)10-15(26)19-21-23-24-22-19/h1-8,10,26H,9H2,(H,21,22,23,24). The normalized spacial score (nSPS) is 11.8. The number of furan rings is 1. The molecule has 0 atom stereocenters. The van der Waals surface area contributed by atoms with Gasteiger partial charge >= 0.3 is 0 Å². The van der Waals surface area contributed by atoms with Crippen molar-refractivity contribution < 1.29 is 18.7 Å². The Hall–Kier alpha value is -3.81. The Labute approximate surface area is 152 Å². The van der Waals surface area contributed by atoms with Gasteiger partial charge in [-0.05, 0) is 29.0 Å². The summed E-state index contributed by atoms with van der Waals surface area (Å²) in [5.74, 6) is -0.875. The van der Waals surface area contributed by atoms with Crippen LogP contribution in [0.4, 0.5) is 4.39 Å². The molecule has 0 spiro atoms. The molecule has 8 heteroatoms. The Morgan fingerprint density at radius 2 is 1.96 bits per heavy atom. The average Bonchev–Trinajstić information content (AvgIpc) is 3.31. The molecule has 0 radical (unpaired) electrons. The highest BCUT2D eigenvalue weighted by Crippen LogP contribution is 2.29. The van der Waals surface area contributed by atoms with Crippen LogP contribution in [0.1, 0.15) is 27.5 Å². The smallest absolute Gasteiger partial charge is 0.239 e. The fraction of sp³-hybridized carbons (Fsp3) is 0.0526. The molecular weight excluding hydrogens is 351 g/mol. The maximum Gasteiger partial charge on any atom is 0.239 e. The van der Waals surface area contributed by atoms with Crippen LogP contribution in [0, 0.1) is 5.82 Å². The van der Waals surface area contributed by atoms with Crippen LogP contribution >= 0.6 is 0 Å². The summed E-state index contributed by atoms with van der Waals surface area (Å²) in [6.07, 6.45) is 1.32. The van der Waals surface area contributed by atoms with Gasteiger partial charge in [-0.25, -0.2) is 4.39 Å². The molecule has 4 rings (SSSR count). The van der Waals surface area contributed by atoms with Crippen LogP contribution in [0.5, 0.6) is 0 Å². The molecule has 7 nitrogen and oxygen atoms in total. The van der Waals surface area contributed by atoms with Crippen LogP contribution in [-0.2, 0) is 6.42 Å². The second-order valence-corrected chi connectivity index (χ2v) is 5.83. The van der Waals surface area contributed by atoms with Crippen LogP contribution in [0.15, 0.2) is 59.0 Å². The molecule has 2 aromatic carbocycles. The molecule has 0 aliphatic carbocycles. The van der Waals surface area contributed by atoms with Crippen molar-refractivity contribution in [3.63, 3.8) is 0 Å². The number of benzene rings is 2. The lowest BCUT2D eigenvalue weighted by Crippen LogP contribution is -2.01. The van der Waals surface area contributed by atoms with E-state index in [1.807, 2.05) is 0 Å². The molecule has 0 saturated carbocycles. The van der Waals surface area contributed by atoms with Crippen LogP contribution in [0.3, 0.4) is 0 Å². The monoisotopic (exact) mass is 364 g/mol. The zero-order chi connectivity index (χ0) is 18.8. The van der Waals surface area contributed by atoms with Crippen molar-refractivity contribution in [2.24, 2.45) is 0 Å². The number of rotatable bonds is 5. The van der Waals surface area contributed by atoms with Gasteiger partial charge < -0.3 is 9.52 Å². The molecular formula is C19H13FN4O3. The maximum atomic E-state index is 13.1. The lowest BCUT2D eigenvalue weighted by Gasteiger charge is -2.02. The highest BCUT2D eigenvalue weighted by atomic mass is 19.1. The molecule has 27 heavy (non-hydrogen) atoms. The molecule has 4 aromatic rings. The van der Waals surface area contributed by atoms with Gasteiger partial charge in [-0.1, -0.05) is 30.3 Å². The number of aromatic nitrogens is 4. The summed E-state index contributed by atoms with van der Waals surface area (Å²) >= 11 is 0. The van der Waals surface area contributed by atoms with Gasteiger partial charge in [0.15, 0.2) is 11.5 Å². The van der Waals surface area contributed by atoms with Crippen LogP contribution in [0.25, 0.3) is 16.7 Å². The van der Waals surface area contributed by atoms with Crippen LogP contribution < -0.4 is 0 Å². The Bertz CT molecular complexity index is 1130. The number of hydrogen-bond acceptors (Lipinski definition) is 6. The number of aromatic amines is 1. The van der Waals surface area contributed by atoms with Crippen molar-refractivity contribution in [1.82, 2.24) is 20.6 Å². The number of ketones is 1. The van der Waals surface area contributed by atoms with E-state index >= 15 is 0 Å². The highest BCUT2D eigenvalue weighted by molar-refractivity contribution is 6.15. The number of aliphatic hydroxyl groups excluding tert-OH is 1. The second kappa shape index (κ2) is 6.83. The van der Waals surface area contributed by atoms with Crippen LogP contribution in [-0.4, -0.2) is 31.5 Å². The molecule has 0 aliphatic rings. The number of tetrazole rings is 1. The number of allylic oxidation sites excluding steroid dienone is 1. The summed E-state index contributed by atoms with van der Waals surface area (Å²) in [7, 11) is 0. The van der Waals surface area contributed by atoms with Crippen molar-refractivity contribution in [2.45, 2.75) is 6.42 Å². The molecule has 0 fully saturated rings. The molecule has 2 heterocycles. The molecule has 134 valence electrons. The first-order chi connectivity index (χ1) is 13.1. The van der Waals surface area contributed by atoms with Gasteiger partial charge in [-0.15, -0.1) is 10.2 Å². The van der Waals surface area contributed by atoms with E-state index in [0.717, 1.165) is 11.6 Å². The Balaban J connectivity index is 1.77. The maximum absolute atomic E-state index is 13.1. The Kier molecular flexibility index (Phi) is 4.21. The summed E-state index contributed by atoms with van der Waals surface area (Å²) < 4.78 is 19.0. The Morgan fingerprint density at radius 3 is 2.70 bits per heavy atom. The van der Waals surface area contributed by atoms with Gasteiger partial charge in [-0.2, -0.15) is 5.21 Å². The number of hydrogen-bond donors (Lipinski definition) is 2. The van der Waals surface area contributed by atoms with E-state index in [1.165, 1.54) is 12.1 Å². The summed E-state index contributed by atoms with van der Waals surface area (Å²) in [6, 6.07) is 13.1. The number of aliphatic hydroxyl groups is 1. The van der Waals surface area contributed by atoms with Crippen molar-refractivity contribution >= 4 is 22.5 Å². The number of nitrogens with zero attached hydrogens (tertiary/aromatic N) is 3. The molecule has 0 aliphatic heterocycles. The van der Waals surface area contributed by atoms with Gasteiger partial charge in [0.1, 0.15) is 17.2 Å². The minimum Gasteiger partial charge on any atom is -0.504 e. The first-order valence-corrected chi connectivity index (χ1v) is 8.05. The fourth-order valence-corrected chi connectivity index (χ4v) is 2.81. The fourth-order valence-electron chi connectivity index (χ4n) is 2.81. The summed E-state index contributed by atoms with van der Waals surface area (Å²) in [5, 5.41) is 23.5. The molecule has 0 amide bonds. The average molecular weight is 364 g/mol. The lowest BCUT2D eigenvalue weighted by atomic mass is 10.0. The summed E-state index contributed by atoms with van der Waals surface area (Å²) in [5.41, 5.74) is 1.66. The van der Waals surface area contributed by atoms with Gasteiger partial charge in [0.25, 0.3) is 0 Å². The van der Waals surface area contributed by atoms with Gasteiger partial charge in [0.2, 0.25) is 5.82 Å². The number of halogens is 1. The topological polar surface area (TPSA) is 105 Å². The van der Waals surface area contributed by atoms with E-state index in [1.54, 1.807) is 36.4 Å². The molecule has 2 aromatic heterocycles. The van der Waals surface area contributed by atoms with Crippen LogP contribution in [0.2, 0.25) is 0 Å². The first kappa shape index (κ1) is 16.6. The van der Waals surface area contributed by atoms with E-state index in [2.05, 4.69) is 20.6 Å². The molecule has 0 saturated heterocycles. The van der Waals surface area contributed by atoms with E-state index in [9.17, 15) is 14.3 Å². The minimum atomic E-state index is -0.459. The summed E-state index contributed by atoms with van der Waals surface area (Å²) in [6.45, 7) is 0.